The smallest absolute Gasteiger partial charge is 0.261 e. The maximum Gasteiger partial charge on any atom is 0.261 e. The Labute approximate surface area is 203 Å². The van der Waals surface area contributed by atoms with Crippen LogP contribution < -0.4 is 10.0 Å². The highest BCUT2D eigenvalue weighted by Gasteiger charge is 2.17. The third kappa shape index (κ3) is 5.58. The minimum atomic E-state index is -3.96. The van der Waals surface area contributed by atoms with E-state index in [4.69, 9.17) is 0 Å². The van der Waals surface area contributed by atoms with Gasteiger partial charge < -0.3 is 0 Å². The van der Waals surface area contributed by atoms with Crippen molar-refractivity contribution in [1.82, 2.24) is 4.98 Å². The Hall–Kier alpha value is -3.96. The Kier molecular flexibility index (Phi) is 6.72. The molecule has 0 spiro atoms. The van der Waals surface area contributed by atoms with Gasteiger partial charge in [-0.3, -0.25) is 19.6 Å². The number of carbonyl (C=O) groups is 2. The third-order valence-electron chi connectivity index (χ3n) is 4.88. The van der Waals surface area contributed by atoms with Gasteiger partial charge in [0.25, 0.3) is 15.9 Å². The second-order valence-electron chi connectivity index (χ2n) is 7.38. The summed E-state index contributed by atoms with van der Waals surface area (Å²) in [6, 6.07) is 14.4. The van der Waals surface area contributed by atoms with Crippen molar-refractivity contribution in [2.75, 3.05) is 10.0 Å². The van der Waals surface area contributed by atoms with Gasteiger partial charge in [0.15, 0.2) is 10.9 Å². The molecule has 1 aromatic heterocycles. The van der Waals surface area contributed by atoms with E-state index in [1.807, 2.05) is 0 Å². The predicted octanol–water partition coefficient (Wildman–Crippen LogP) is 5.34. The van der Waals surface area contributed by atoms with E-state index in [0.29, 0.717) is 5.56 Å². The number of carbonyl (C=O) groups excluding carboxylic acids is 2. The number of halogens is 2. The highest BCUT2D eigenvalue weighted by atomic mass is 32.2. The van der Waals surface area contributed by atoms with E-state index in [-0.39, 0.29) is 38.3 Å². The van der Waals surface area contributed by atoms with Crippen LogP contribution in [0, 0.1) is 11.6 Å². The lowest BCUT2D eigenvalue weighted by molar-refractivity contribution is 0.101. The van der Waals surface area contributed by atoms with Crippen molar-refractivity contribution in [3.8, 4) is 11.3 Å². The fourth-order valence-corrected chi connectivity index (χ4v) is 4.88. The molecule has 0 aliphatic heterocycles. The van der Waals surface area contributed by atoms with Gasteiger partial charge in [-0.2, -0.15) is 0 Å². The van der Waals surface area contributed by atoms with Crippen molar-refractivity contribution in [3.63, 3.8) is 0 Å². The van der Waals surface area contributed by atoms with Gasteiger partial charge in [-0.1, -0.05) is 12.1 Å². The summed E-state index contributed by atoms with van der Waals surface area (Å²) >= 11 is 1.06. The molecule has 0 unspecified atom stereocenters. The molecule has 0 atom stereocenters. The number of Topliss-reactive ketones (excluding diaryl/α,β-unsaturated/α-hetero) is 1. The van der Waals surface area contributed by atoms with Crippen molar-refractivity contribution in [2.45, 2.75) is 11.8 Å². The van der Waals surface area contributed by atoms with E-state index < -0.39 is 27.6 Å². The molecule has 4 rings (SSSR count). The number of rotatable bonds is 7. The Morgan fingerprint density at radius 1 is 0.943 bits per heavy atom. The quantitative estimate of drug-likeness (QED) is 0.325. The average molecular weight is 514 g/mol. The van der Waals surface area contributed by atoms with E-state index in [2.05, 4.69) is 15.0 Å². The normalized spacial score (nSPS) is 11.2. The molecule has 3 aromatic carbocycles. The van der Waals surface area contributed by atoms with Crippen LogP contribution in [0.15, 0.2) is 77.0 Å². The van der Waals surface area contributed by atoms with Crippen molar-refractivity contribution in [3.05, 3.63) is 94.9 Å². The van der Waals surface area contributed by atoms with Gasteiger partial charge in [-0.05, 0) is 55.5 Å². The van der Waals surface area contributed by atoms with E-state index in [1.165, 1.54) is 54.8 Å². The second kappa shape index (κ2) is 9.72. The van der Waals surface area contributed by atoms with Gasteiger partial charge in [-0.15, -0.1) is 11.3 Å². The van der Waals surface area contributed by atoms with Crippen LogP contribution in [0.2, 0.25) is 0 Å². The van der Waals surface area contributed by atoms with Crippen LogP contribution in [0.1, 0.15) is 27.6 Å². The molecule has 4 aromatic rings. The lowest BCUT2D eigenvalue weighted by Crippen LogP contribution is -2.15. The zero-order valence-corrected chi connectivity index (χ0v) is 19.7. The first-order valence-corrected chi connectivity index (χ1v) is 12.4. The Morgan fingerprint density at radius 3 is 2.37 bits per heavy atom. The lowest BCUT2D eigenvalue weighted by Gasteiger charge is -2.09. The zero-order chi connectivity index (χ0) is 25.2. The van der Waals surface area contributed by atoms with Crippen LogP contribution in [0.5, 0.6) is 0 Å². The first kappa shape index (κ1) is 24.2. The fraction of sp³-hybridized carbons (Fsp3) is 0.0417. The maximum absolute atomic E-state index is 14.0. The van der Waals surface area contributed by atoms with Crippen molar-refractivity contribution >= 4 is 43.9 Å². The topological polar surface area (TPSA) is 105 Å². The van der Waals surface area contributed by atoms with Crippen LogP contribution in [0.3, 0.4) is 0 Å². The van der Waals surface area contributed by atoms with Gasteiger partial charge in [0, 0.05) is 33.8 Å². The summed E-state index contributed by atoms with van der Waals surface area (Å²) in [6.07, 6.45) is 0. The van der Waals surface area contributed by atoms with Crippen molar-refractivity contribution in [1.29, 1.82) is 0 Å². The molecule has 2 N–H and O–H groups in total. The summed E-state index contributed by atoms with van der Waals surface area (Å²) in [6.45, 7) is 1.38. The summed E-state index contributed by atoms with van der Waals surface area (Å²) in [7, 11) is -3.96. The van der Waals surface area contributed by atoms with Crippen LogP contribution in [0.4, 0.5) is 19.6 Å². The molecule has 0 saturated heterocycles. The predicted molar refractivity (Wildman–Crippen MR) is 129 cm³/mol. The molecular formula is C24H17F2N3O4S2. The van der Waals surface area contributed by atoms with Gasteiger partial charge in [0.2, 0.25) is 0 Å². The fourth-order valence-electron chi connectivity index (χ4n) is 3.12. The van der Waals surface area contributed by atoms with Gasteiger partial charge in [-0.25, -0.2) is 22.2 Å². The number of thiazole rings is 1. The number of nitrogens with zero attached hydrogens (tertiary/aromatic N) is 1. The number of hydrogen-bond donors (Lipinski definition) is 2. The minimum absolute atomic E-state index is 0.0782. The van der Waals surface area contributed by atoms with E-state index in [9.17, 15) is 26.8 Å². The Balaban J connectivity index is 1.46. The molecule has 0 aliphatic carbocycles. The van der Waals surface area contributed by atoms with Crippen molar-refractivity contribution in [2.24, 2.45) is 0 Å². The number of ketones is 1. The lowest BCUT2D eigenvalue weighted by atomic mass is 10.1. The SMILES string of the molecule is CC(=O)c1cccc(NS(=O)(=O)c2ccc(C(=O)Nc3nc(-c4ccc(F)cc4F)cs3)cc2)c1. The summed E-state index contributed by atoms with van der Waals surface area (Å²) in [5.74, 6) is -2.22. The van der Waals surface area contributed by atoms with E-state index in [0.717, 1.165) is 23.5 Å². The Morgan fingerprint density at radius 2 is 1.69 bits per heavy atom. The maximum atomic E-state index is 14.0. The number of nitrogens with one attached hydrogen (secondary N) is 2. The van der Waals surface area contributed by atoms with Gasteiger partial charge in [0.05, 0.1) is 10.6 Å². The third-order valence-corrected chi connectivity index (χ3v) is 7.03. The molecule has 0 bridgehead atoms. The van der Waals surface area contributed by atoms with Gasteiger partial charge in [0.1, 0.15) is 11.6 Å². The monoisotopic (exact) mass is 513 g/mol. The highest BCUT2D eigenvalue weighted by Crippen LogP contribution is 2.28. The van der Waals surface area contributed by atoms with E-state index in [1.54, 1.807) is 12.1 Å². The number of aromatic nitrogens is 1. The molecule has 35 heavy (non-hydrogen) atoms. The molecule has 0 radical (unpaired) electrons. The molecule has 1 amide bonds. The first-order chi connectivity index (χ1) is 16.6. The molecule has 7 nitrogen and oxygen atoms in total. The second-order valence-corrected chi connectivity index (χ2v) is 9.92. The van der Waals surface area contributed by atoms with Crippen LogP contribution in [0.25, 0.3) is 11.3 Å². The van der Waals surface area contributed by atoms with Crippen LogP contribution in [-0.2, 0) is 10.0 Å². The summed E-state index contributed by atoms with van der Waals surface area (Å²) in [5, 5.41) is 4.28. The number of sulfonamides is 1. The minimum Gasteiger partial charge on any atom is -0.298 e. The molecule has 0 aliphatic rings. The highest BCUT2D eigenvalue weighted by molar-refractivity contribution is 7.92. The zero-order valence-electron chi connectivity index (χ0n) is 18.1. The van der Waals surface area contributed by atoms with Crippen molar-refractivity contribution < 1.29 is 26.8 Å². The number of hydrogen-bond acceptors (Lipinski definition) is 6. The molecule has 0 saturated carbocycles. The Bertz CT molecular complexity index is 1530. The summed E-state index contributed by atoms with van der Waals surface area (Å²) in [4.78, 5) is 28.2. The molecular weight excluding hydrogens is 496 g/mol. The standard InChI is InChI=1S/C24H17F2N3O4S2/c1-14(30)16-3-2-4-18(11-16)29-35(32,33)19-8-5-15(6-9-19)23(31)28-24-27-22(13-34-24)20-10-7-17(25)12-21(20)26/h2-13,29H,1H3,(H,27,28,31). The largest absolute Gasteiger partial charge is 0.298 e. The van der Waals surface area contributed by atoms with Crippen LogP contribution >= 0.6 is 11.3 Å². The molecule has 1 heterocycles. The van der Waals surface area contributed by atoms with E-state index >= 15 is 0 Å². The number of anilines is 2. The summed E-state index contributed by atoms with van der Waals surface area (Å²) in [5.41, 5.74) is 1.11. The summed E-state index contributed by atoms with van der Waals surface area (Å²) < 4.78 is 54.8. The molecule has 178 valence electrons. The van der Waals surface area contributed by atoms with Crippen LogP contribution in [-0.4, -0.2) is 25.1 Å². The molecule has 11 heteroatoms. The number of benzene rings is 3. The first-order valence-electron chi connectivity index (χ1n) is 10.1. The molecule has 0 fully saturated rings. The van der Waals surface area contributed by atoms with Gasteiger partial charge >= 0.3 is 0 Å². The number of amides is 1. The average Bonchev–Trinajstić information content (AvgIpc) is 3.27.